The fraction of sp³-hybridized carbons (Fsp3) is 0.562. The van der Waals surface area contributed by atoms with Gasteiger partial charge in [-0.2, -0.15) is 0 Å². The molecule has 0 aromatic carbocycles. The predicted octanol–water partition coefficient (Wildman–Crippen LogP) is 2.28. The Bertz CT molecular complexity index is 461. The van der Waals surface area contributed by atoms with Crippen LogP contribution in [0.15, 0.2) is 28.9 Å². The highest BCUT2D eigenvalue weighted by Crippen LogP contribution is 2.24. The van der Waals surface area contributed by atoms with Crippen LogP contribution >= 0.6 is 0 Å². The van der Waals surface area contributed by atoms with Crippen LogP contribution in [-0.4, -0.2) is 36.5 Å². The van der Waals surface area contributed by atoms with Gasteiger partial charge in [-0.3, -0.25) is 4.79 Å². The minimum Gasteiger partial charge on any atom is -0.465 e. The van der Waals surface area contributed by atoms with Crippen LogP contribution in [0.5, 0.6) is 0 Å². The molecule has 3 rings (SSSR count). The van der Waals surface area contributed by atoms with Crippen LogP contribution in [0.2, 0.25) is 0 Å². The number of rotatable bonds is 3. The number of hydrogen-bond acceptors (Lipinski definition) is 3. The molecule has 0 saturated carbocycles. The first-order chi connectivity index (χ1) is 9.83. The van der Waals surface area contributed by atoms with Gasteiger partial charge in [0.2, 0.25) is 5.91 Å². The third-order valence-corrected chi connectivity index (χ3v) is 4.37. The van der Waals surface area contributed by atoms with Crippen LogP contribution in [-0.2, 0) is 4.79 Å². The summed E-state index contributed by atoms with van der Waals surface area (Å²) in [5.41, 5.74) is 0. The Morgan fingerprint density at radius 1 is 1.40 bits per heavy atom. The molecule has 1 amide bonds. The first-order valence-electron chi connectivity index (χ1n) is 7.57. The van der Waals surface area contributed by atoms with Gasteiger partial charge in [0.05, 0.1) is 6.26 Å². The van der Waals surface area contributed by atoms with Gasteiger partial charge in [0, 0.05) is 25.2 Å². The van der Waals surface area contributed by atoms with Crippen molar-refractivity contribution in [3.63, 3.8) is 0 Å². The quantitative estimate of drug-likeness (QED) is 0.860. The van der Waals surface area contributed by atoms with E-state index in [9.17, 15) is 4.79 Å². The number of furan rings is 1. The number of amides is 1. The molecule has 4 heteroatoms. The maximum absolute atomic E-state index is 12.2. The van der Waals surface area contributed by atoms with Crippen molar-refractivity contribution in [2.24, 2.45) is 5.92 Å². The summed E-state index contributed by atoms with van der Waals surface area (Å²) in [7, 11) is 0. The van der Waals surface area contributed by atoms with E-state index in [-0.39, 0.29) is 5.91 Å². The summed E-state index contributed by atoms with van der Waals surface area (Å²) in [4.78, 5) is 14.2. The lowest BCUT2D eigenvalue weighted by Crippen LogP contribution is -2.45. The van der Waals surface area contributed by atoms with E-state index in [0.29, 0.717) is 12.0 Å². The average molecular weight is 274 g/mol. The summed E-state index contributed by atoms with van der Waals surface area (Å²) in [6, 6.07) is 4.29. The Balaban J connectivity index is 1.57. The zero-order valence-electron chi connectivity index (χ0n) is 11.8. The minimum atomic E-state index is 0.101. The Kier molecular flexibility index (Phi) is 4.21. The van der Waals surface area contributed by atoms with Gasteiger partial charge in [0.25, 0.3) is 0 Å². The zero-order chi connectivity index (χ0) is 13.8. The molecule has 2 aliphatic rings. The summed E-state index contributed by atoms with van der Waals surface area (Å²) < 4.78 is 5.21. The molecular formula is C16H22N2O2. The van der Waals surface area contributed by atoms with E-state index in [1.54, 1.807) is 18.4 Å². The second-order valence-electron chi connectivity index (χ2n) is 5.74. The van der Waals surface area contributed by atoms with Crippen molar-refractivity contribution >= 4 is 12.0 Å². The highest BCUT2D eigenvalue weighted by Gasteiger charge is 2.30. The molecule has 4 nitrogen and oxygen atoms in total. The number of carbonyl (C=O) groups is 1. The van der Waals surface area contributed by atoms with Gasteiger partial charge in [-0.15, -0.1) is 0 Å². The van der Waals surface area contributed by atoms with Crippen molar-refractivity contribution in [2.45, 2.75) is 31.7 Å². The van der Waals surface area contributed by atoms with Crippen molar-refractivity contribution in [1.29, 1.82) is 0 Å². The molecular weight excluding hydrogens is 252 g/mol. The molecule has 1 N–H and O–H groups in total. The van der Waals surface area contributed by atoms with Gasteiger partial charge < -0.3 is 14.6 Å². The number of hydrogen-bond donors (Lipinski definition) is 1. The molecule has 2 unspecified atom stereocenters. The maximum Gasteiger partial charge on any atom is 0.246 e. The molecule has 2 aliphatic heterocycles. The Morgan fingerprint density at radius 3 is 3.10 bits per heavy atom. The van der Waals surface area contributed by atoms with Gasteiger partial charge in [-0.1, -0.05) is 0 Å². The van der Waals surface area contributed by atoms with E-state index >= 15 is 0 Å². The number of piperidine rings is 1. The van der Waals surface area contributed by atoms with Crippen LogP contribution in [0, 0.1) is 5.92 Å². The Labute approximate surface area is 119 Å². The topological polar surface area (TPSA) is 45.5 Å². The normalized spacial score (nSPS) is 27.3. The summed E-state index contributed by atoms with van der Waals surface area (Å²) in [5.74, 6) is 1.45. The molecule has 1 aromatic heterocycles. The zero-order valence-corrected chi connectivity index (χ0v) is 11.8. The van der Waals surface area contributed by atoms with Crippen molar-refractivity contribution in [2.75, 3.05) is 19.6 Å². The minimum absolute atomic E-state index is 0.101. The fourth-order valence-electron chi connectivity index (χ4n) is 3.30. The van der Waals surface area contributed by atoms with Gasteiger partial charge in [-0.25, -0.2) is 0 Å². The van der Waals surface area contributed by atoms with Crippen LogP contribution in [0.4, 0.5) is 0 Å². The summed E-state index contributed by atoms with van der Waals surface area (Å²) in [6.45, 7) is 2.90. The monoisotopic (exact) mass is 274 g/mol. The molecule has 0 spiro atoms. The maximum atomic E-state index is 12.2. The smallest absolute Gasteiger partial charge is 0.246 e. The van der Waals surface area contributed by atoms with E-state index in [4.69, 9.17) is 4.42 Å². The molecule has 0 bridgehead atoms. The first kappa shape index (κ1) is 13.4. The highest BCUT2D eigenvalue weighted by atomic mass is 16.3. The third-order valence-electron chi connectivity index (χ3n) is 4.37. The first-order valence-corrected chi connectivity index (χ1v) is 7.57. The molecule has 2 atom stereocenters. The second kappa shape index (κ2) is 6.27. The number of nitrogens with one attached hydrogen (secondary N) is 1. The van der Waals surface area contributed by atoms with E-state index in [0.717, 1.165) is 31.8 Å². The van der Waals surface area contributed by atoms with Gasteiger partial charge >= 0.3 is 0 Å². The summed E-state index contributed by atoms with van der Waals surface area (Å²) >= 11 is 0. The van der Waals surface area contributed by atoms with Crippen molar-refractivity contribution < 1.29 is 9.21 Å². The van der Waals surface area contributed by atoms with Crippen LogP contribution in [0.3, 0.4) is 0 Å². The molecule has 108 valence electrons. The second-order valence-corrected chi connectivity index (χ2v) is 5.74. The van der Waals surface area contributed by atoms with Gasteiger partial charge in [0.15, 0.2) is 0 Å². The fourth-order valence-corrected chi connectivity index (χ4v) is 3.30. The Hall–Kier alpha value is -1.55. The number of likely N-dealkylation sites (tertiary alicyclic amines) is 1. The predicted molar refractivity (Wildman–Crippen MR) is 78.1 cm³/mol. The Morgan fingerprint density at radius 2 is 2.35 bits per heavy atom. The van der Waals surface area contributed by atoms with Crippen LogP contribution in [0.25, 0.3) is 6.08 Å². The average Bonchev–Trinajstić information content (AvgIpc) is 3.18. The molecule has 0 aliphatic carbocycles. The largest absolute Gasteiger partial charge is 0.465 e. The lowest BCUT2D eigenvalue weighted by Gasteiger charge is -2.35. The third kappa shape index (κ3) is 3.12. The van der Waals surface area contributed by atoms with E-state index in [2.05, 4.69) is 5.32 Å². The summed E-state index contributed by atoms with van der Waals surface area (Å²) in [6.07, 6.45) is 9.88. The van der Waals surface area contributed by atoms with Gasteiger partial charge in [-0.05, 0) is 56.4 Å². The lowest BCUT2D eigenvalue weighted by molar-refractivity contribution is -0.127. The summed E-state index contributed by atoms with van der Waals surface area (Å²) in [5, 5.41) is 3.57. The molecule has 0 radical (unpaired) electrons. The number of nitrogens with zero attached hydrogens (tertiary/aromatic N) is 1. The highest BCUT2D eigenvalue weighted by molar-refractivity contribution is 5.91. The molecule has 1 aromatic rings. The lowest BCUT2D eigenvalue weighted by atomic mass is 9.90. The molecule has 2 saturated heterocycles. The van der Waals surface area contributed by atoms with Crippen LogP contribution < -0.4 is 5.32 Å². The SMILES string of the molecule is O=C(/C=C/c1ccco1)N1CCCC(C2CCCN2)C1. The van der Waals surface area contributed by atoms with Crippen molar-refractivity contribution in [1.82, 2.24) is 10.2 Å². The van der Waals surface area contributed by atoms with Crippen LogP contribution in [0.1, 0.15) is 31.4 Å². The molecule has 3 heterocycles. The van der Waals surface area contributed by atoms with Gasteiger partial charge in [0.1, 0.15) is 5.76 Å². The molecule has 2 fully saturated rings. The molecule has 20 heavy (non-hydrogen) atoms. The van der Waals surface area contributed by atoms with Crippen molar-refractivity contribution in [3.05, 3.63) is 30.2 Å². The standard InChI is InChI=1S/C16H22N2O2/c19-16(8-7-14-5-3-11-20-14)18-10-2-4-13(12-18)15-6-1-9-17-15/h3,5,7-8,11,13,15,17H,1-2,4,6,9-10,12H2/b8-7+. The van der Waals surface area contributed by atoms with E-state index in [1.807, 2.05) is 17.0 Å². The van der Waals surface area contributed by atoms with Crippen molar-refractivity contribution in [3.8, 4) is 0 Å². The van der Waals surface area contributed by atoms with E-state index in [1.165, 1.54) is 19.3 Å². The van der Waals surface area contributed by atoms with E-state index < -0.39 is 0 Å². The number of carbonyl (C=O) groups excluding carboxylic acids is 1.